The van der Waals surface area contributed by atoms with Gasteiger partial charge in [0.25, 0.3) is 0 Å². The van der Waals surface area contributed by atoms with E-state index in [0.717, 1.165) is 5.46 Å². The van der Waals surface area contributed by atoms with Crippen LogP contribution in [0.3, 0.4) is 0 Å². The fourth-order valence-corrected chi connectivity index (χ4v) is 4.43. The largest absolute Gasteiger partial charge is 0.494 e. The second-order valence-electron chi connectivity index (χ2n) is 8.66. The van der Waals surface area contributed by atoms with Crippen LogP contribution in [0.4, 0.5) is 0 Å². The molecule has 0 saturated carbocycles. The first-order valence-corrected chi connectivity index (χ1v) is 11.0. The van der Waals surface area contributed by atoms with Gasteiger partial charge in [0, 0.05) is 0 Å². The van der Waals surface area contributed by atoms with E-state index in [1.807, 2.05) is 0 Å². The number of ether oxygens (including phenoxy) is 1. The normalized spacial score (nSPS) is 16.3. The number of aryl methyl sites for hydroxylation is 5. The summed E-state index contributed by atoms with van der Waals surface area (Å²) in [6.07, 6.45) is -0.230. The minimum Gasteiger partial charge on any atom is -0.405 e. The van der Waals surface area contributed by atoms with Crippen LogP contribution in [0.2, 0.25) is 0 Å². The second-order valence-corrected chi connectivity index (χ2v) is 8.66. The second kappa shape index (κ2) is 9.39. The third kappa shape index (κ3) is 4.77. The van der Waals surface area contributed by atoms with Crippen LogP contribution in [-0.2, 0) is 14.0 Å². The highest BCUT2D eigenvalue weighted by Gasteiger charge is 2.34. The average Bonchev–Trinajstić information content (AvgIpc) is 3.20. The summed E-state index contributed by atoms with van der Waals surface area (Å²) in [5, 5.41) is 0. The molecular weight excluding hydrogens is 383 g/mol. The van der Waals surface area contributed by atoms with E-state index in [0.29, 0.717) is 13.2 Å². The number of rotatable bonds is 6. The molecule has 0 aliphatic carbocycles. The standard InChI is InChI=1S/C27H31BO3/c1-18-12-14-23(15-13-18)28-30-17-24(31-28)16-29-27(25-19(2)8-6-9-20(25)3)26-21(4)10-7-11-22(26)5/h6-15,24,27H,16-17H2,1-5H3/t24-/m0/s1. The van der Waals surface area contributed by atoms with Gasteiger partial charge in [-0.05, 0) is 73.5 Å². The lowest BCUT2D eigenvalue weighted by Crippen LogP contribution is -2.33. The zero-order valence-corrected chi connectivity index (χ0v) is 19.1. The lowest BCUT2D eigenvalue weighted by atomic mass is 9.79. The third-order valence-electron chi connectivity index (χ3n) is 6.16. The molecule has 4 rings (SSSR count). The molecule has 0 unspecified atom stereocenters. The lowest BCUT2D eigenvalue weighted by molar-refractivity contribution is 0.0226. The summed E-state index contributed by atoms with van der Waals surface area (Å²) in [6.45, 7) is 11.7. The molecule has 0 N–H and O–H groups in total. The predicted molar refractivity (Wildman–Crippen MR) is 127 cm³/mol. The topological polar surface area (TPSA) is 27.7 Å². The summed E-state index contributed by atoms with van der Waals surface area (Å²) < 4.78 is 18.7. The molecule has 0 bridgehead atoms. The molecule has 3 nitrogen and oxygen atoms in total. The lowest BCUT2D eigenvalue weighted by Gasteiger charge is -2.27. The third-order valence-corrected chi connectivity index (χ3v) is 6.16. The van der Waals surface area contributed by atoms with Gasteiger partial charge in [0.2, 0.25) is 0 Å². The number of benzene rings is 3. The molecule has 31 heavy (non-hydrogen) atoms. The fourth-order valence-electron chi connectivity index (χ4n) is 4.43. The van der Waals surface area contributed by atoms with E-state index in [1.54, 1.807) is 0 Å². The molecule has 3 aromatic carbocycles. The molecule has 4 heteroatoms. The highest BCUT2D eigenvalue weighted by atomic mass is 16.7. The molecular formula is C27H31BO3. The van der Waals surface area contributed by atoms with E-state index >= 15 is 0 Å². The van der Waals surface area contributed by atoms with Gasteiger partial charge < -0.3 is 14.0 Å². The van der Waals surface area contributed by atoms with Crippen molar-refractivity contribution in [1.29, 1.82) is 0 Å². The van der Waals surface area contributed by atoms with Gasteiger partial charge in [0.15, 0.2) is 0 Å². The summed E-state index contributed by atoms with van der Waals surface area (Å²) in [4.78, 5) is 0. The Bertz CT molecular complexity index is 953. The number of hydrogen-bond donors (Lipinski definition) is 0. The molecule has 0 amide bonds. The summed E-state index contributed by atoms with van der Waals surface area (Å²) >= 11 is 0. The highest BCUT2D eigenvalue weighted by Crippen LogP contribution is 2.35. The summed E-state index contributed by atoms with van der Waals surface area (Å²) in [5.41, 5.74) is 9.74. The Labute approximate surface area is 186 Å². The highest BCUT2D eigenvalue weighted by molar-refractivity contribution is 6.61. The van der Waals surface area contributed by atoms with Crippen molar-refractivity contribution in [3.63, 3.8) is 0 Å². The first-order chi connectivity index (χ1) is 14.9. The number of hydrogen-bond acceptors (Lipinski definition) is 3. The van der Waals surface area contributed by atoms with Gasteiger partial charge in [-0.1, -0.05) is 66.2 Å². The Morgan fingerprint density at radius 1 is 0.806 bits per heavy atom. The Kier molecular flexibility index (Phi) is 6.61. The summed E-state index contributed by atoms with van der Waals surface area (Å²) in [6, 6.07) is 21.2. The van der Waals surface area contributed by atoms with Gasteiger partial charge >= 0.3 is 7.12 Å². The van der Waals surface area contributed by atoms with Crippen molar-refractivity contribution < 1.29 is 14.0 Å². The van der Waals surface area contributed by atoms with Crippen molar-refractivity contribution in [2.45, 2.75) is 46.8 Å². The van der Waals surface area contributed by atoms with Crippen LogP contribution in [0.15, 0.2) is 60.7 Å². The molecule has 0 spiro atoms. The first-order valence-electron chi connectivity index (χ1n) is 11.0. The van der Waals surface area contributed by atoms with Crippen LogP contribution < -0.4 is 5.46 Å². The minimum absolute atomic E-state index is 0.0950. The molecule has 0 radical (unpaired) electrons. The molecule has 1 heterocycles. The van der Waals surface area contributed by atoms with Crippen molar-refractivity contribution in [2.75, 3.05) is 13.2 Å². The van der Waals surface area contributed by atoms with Crippen LogP contribution >= 0.6 is 0 Å². The van der Waals surface area contributed by atoms with Crippen molar-refractivity contribution in [2.24, 2.45) is 0 Å². The SMILES string of the molecule is Cc1ccc(B2OC[C@H](COC(c3c(C)cccc3C)c3c(C)cccc3C)O2)cc1. The van der Waals surface area contributed by atoms with Gasteiger partial charge in [0.05, 0.1) is 19.3 Å². The smallest absolute Gasteiger partial charge is 0.405 e. The van der Waals surface area contributed by atoms with Crippen molar-refractivity contribution in [3.8, 4) is 0 Å². The van der Waals surface area contributed by atoms with Gasteiger partial charge in [-0.15, -0.1) is 0 Å². The van der Waals surface area contributed by atoms with Crippen LogP contribution in [-0.4, -0.2) is 26.4 Å². The molecule has 3 aromatic rings. The monoisotopic (exact) mass is 414 g/mol. The Morgan fingerprint density at radius 3 is 1.84 bits per heavy atom. The maximum absolute atomic E-state index is 6.62. The van der Waals surface area contributed by atoms with Gasteiger partial charge in [-0.25, -0.2) is 0 Å². The maximum Gasteiger partial charge on any atom is 0.494 e. The quantitative estimate of drug-likeness (QED) is 0.523. The molecule has 1 fully saturated rings. The summed E-state index contributed by atoms with van der Waals surface area (Å²) in [7, 11) is -0.326. The van der Waals surface area contributed by atoms with Gasteiger partial charge in [-0.2, -0.15) is 0 Å². The Morgan fingerprint density at radius 2 is 1.32 bits per heavy atom. The van der Waals surface area contributed by atoms with Crippen LogP contribution in [0, 0.1) is 34.6 Å². The van der Waals surface area contributed by atoms with Crippen LogP contribution in [0.5, 0.6) is 0 Å². The van der Waals surface area contributed by atoms with Crippen molar-refractivity contribution in [3.05, 3.63) is 99.6 Å². The average molecular weight is 414 g/mol. The predicted octanol–water partition coefficient (Wildman–Crippen LogP) is 5.15. The van der Waals surface area contributed by atoms with E-state index in [2.05, 4.69) is 95.3 Å². The van der Waals surface area contributed by atoms with Crippen LogP contribution in [0.25, 0.3) is 0 Å². The van der Waals surface area contributed by atoms with Gasteiger partial charge in [-0.3, -0.25) is 0 Å². The van der Waals surface area contributed by atoms with E-state index in [4.69, 9.17) is 14.0 Å². The Balaban J connectivity index is 1.56. The maximum atomic E-state index is 6.62. The minimum atomic E-state index is -0.326. The van der Waals surface area contributed by atoms with E-state index in [1.165, 1.54) is 38.9 Å². The zero-order valence-electron chi connectivity index (χ0n) is 19.1. The molecule has 1 aliphatic heterocycles. The summed E-state index contributed by atoms with van der Waals surface area (Å²) in [5.74, 6) is 0. The molecule has 160 valence electrons. The van der Waals surface area contributed by atoms with E-state index in [9.17, 15) is 0 Å². The zero-order chi connectivity index (χ0) is 22.0. The fraction of sp³-hybridized carbons (Fsp3) is 0.333. The molecule has 1 aliphatic rings. The van der Waals surface area contributed by atoms with Crippen molar-refractivity contribution >= 4 is 12.6 Å². The molecule has 0 aromatic heterocycles. The van der Waals surface area contributed by atoms with E-state index in [-0.39, 0.29) is 19.3 Å². The van der Waals surface area contributed by atoms with Crippen LogP contribution in [0.1, 0.15) is 45.0 Å². The molecule has 1 saturated heterocycles. The van der Waals surface area contributed by atoms with E-state index < -0.39 is 0 Å². The molecule has 1 atom stereocenters. The van der Waals surface area contributed by atoms with Crippen molar-refractivity contribution in [1.82, 2.24) is 0 Å². The Hall–Kier alpha value is -2.40. The van der Waals surface area contributed by atoms with Gasteiger partial charge in [0.1, 0.15) is 6.10 Å². The first kappa shape index (κ1) is 21.8.